The quantitative estimate of drug-likeness (QED) is 0.738. The van der Waals surface area contributed by atoms with Crippen molar-refractivity contribution in [3.63, 3.8) is 0 Å². The normalized spacial score (nSPS) is 10.1. The van der Waals surface area contributed by atoms with Gasteiger partial charge >= 0.3 is 0 Å². The summed E-state index contributed by atoms with van der Waals surface area (Å²) in [6.45, 7) is 0. The van der Waals surface area contributed by atoms with Crippen LogP contribution in [0.15, 0.2) is 24.5 Å². The lowest BCUT2D eigenvalue weighted by molar-refractivity contribution is 0.102. The van der Waals surface area contributed by atoms with Crippen LogP contribution in [-0.4, -0.2) is 26.1 Å². The third kappa shape index (κ3) is 2.63. The molecule has 2 aromatic rings. The van der Waals surface area contributed by atoms with E-state index < -0.39 is 5.91 Å². The fraction of sp³-hybridized carbons (Fsp3) is 0. The van der Waals surface area contributed by atoms with Crippen LogP contribution in [-0.2, 0) is 0 Å². The van der Waals surface area contributed by atoms with Gasteiger partial charge in [-0.25, -0.2) is 4.98 Å². The fourth-order valence-corrected chi connectivity index (χ4v) is 1.52. The zero-order valence-corrected chi connectivity index (χ0v) is 10.5. The molecule has 4 N–H and O–H groups in total. The Bertz CT molecular complexity index is 595. The van der Waals surface area contributed by atoms with E-state index in [1.165, 1.54) is 18.5 Å². The lowest BCUT2D eigenvalue weighted by atomic mass is 10.3. The summed E-state index contributed by atoms with van der Waals surface area (Å²) in [4.78, 5) is 15.9. The van der Waals surface area contributed by atoms with Gasteiger partial charge in [0.15, 0.2) is 0 Å². The standard InChI is InChI=1S/C10H8ClN5OS/c11-5-1-2-7(13-3-5)10(17)15-9-6(8(12)18)4-14-16-9/h1-4H,(H2,12,18)(H2,14,15,16,17). The summed E-state index contributed by atoms with van der Waals surface area (Å²) in [6, 6.07) is 3.08. The van der Waals surface area contributed by atoms with Crippen molar-refractivity contribution >= 4 is 40.5 Å². The number of aromatic amines is 1. The van der Waals surface area contributed by atoms with Gasteiger partial charge in [-0.2, -0.15) is 5.10 Å². The predicted octanol–water partition coefficient (Wildman–Crippen LogP) is 1.34. The van der Waals surface area contributed by atoms with Gasteiger partial charge in [-0.05, 0) is 12.1 Å². The summed E-state index contributed by atoms with van der Waals surface area (Å²) in [7, 11) is 0. The van der Waals surface area contributed by atoms with Crippen molar-refractivity contribution in [1.29, 1.82) is 0 Å². The van der Waals surface area contributed by atoms with Gasteiger partial charge in [0.2, 0.25) is 0 Å². The van der Waals surface area contributed by atoms with Crippen molar-refractivity contribution in [2.75, 3.05) is 5.32 Å². The van der Waals surface area contributed by atoms with Crippen LogP contribution in [0.2, 0.25) is 5.02 Å². The van der Waals surface area contributed by atoms with Crippen LogP contribution < -0.4 is 11.1 Å². The Morgan fingerprint density at radius 1 is 1.44 bits per heavy atom. The highest BCUT2D eigenvalue weighted by Crippen LogP contribution is 2.12. The Kier molecular flexibility index (Phi) is 3.54. The van der Waals surface area contributed by atoms with Gasteiger partial charge < -0.3 is 11.1 Å². The van der Waals surface area contributed by atoms with Crippen molar-refractivity contribution in [2.24, 2.45) is 5.73 Å². The first-order valence-corrected chi connectivity index (χ1v) is 5.62. The fourth-order valence-electron chi connectivity index (χ4n) is 1.26. The van der Waals surface area contributed by atoms with Crippen LogP contribution in [0.4, 0.5) is 5.82 Å². The van der Waals surface area contributed by atoms with Gasteiger partial charge in [0.05, 0.1) is 16.8 Å². The minimum absolute atomic E-state index is 0.142. The smallest absolute Gasteiger partial charge is 0.275 e. The molecule has 0 radical (unpaired) electrons. The molecule has 0 saturated heterocycles. The van der Waals surface area contributed by atoms with Crippen LogP contribution >= 0.6 is 23.8 Å². The summed E-state index contributed by atoms with van der Waals surface area (Å²) in [5.41, 5.74) is 6.17. The van der Waals surface area contributed by atoms with Crippen molar-refractivity contribution in [3.8, 4) is 0 Å². The van der Waals surface area contributed by atoms with Crippen LogP contribution in [0.5, 0.6) is 0 Å². The van der Waals surface area contributed by atoms with E-state index in [1.54, 1.807) is 6.07 Å². The number of hydrogen-bond donors (Lipinski definition) is 3. The molecule has 0 saturated carbocycles. The number of carbonyl (C=O) groups is 1. The van der Waals surface area contributed by atoms with Crippen LogP contribution in [0, 0.1) is 0 Å². The van der Waals surface area contributed by atoms with E-state index in [2.05, 4.69) is 20.5 Å². The number of nitrogens with zero attached hydrogens (tertiary/aromatic N) is 2. The molecule has 0 aliphatic rings. The average Bonchev–Trinajstić information content (AvgIpc) is 2.78. The molecule has 2 rings (SSSR count). The van der Waals surface area contributed by atoms with E-state index in [4.69, 9.17) is 29.6 Å². The first kappa shape index (κ1) is 12.5. The number of nitrogens with two attached hydrogens (primary N) is 1. The number of thiocarbonyl (C=S) groups is 1. The number of amides is 1. The molecule has 18 heavy (non-hydrogen) atoms. The molecule has 6 nitrogen and oxygen atoms in total. The second kappa shape index (κ2) is 5.11. The number of hydrogen-bond acceptors (Lipinski definition) is 4. The molecule has 0 aliphatic heterocycles. The molecule has 0 aliphatic carbocycles. The molecule has 92 valence electrons. The molecule has 0 unspecified atom stereocenters. The van der Waals surface area contributed by atoms with E-state index in [0.29, 0.717) is 16.4 Å². The first-order chi connectivity index (χ1) is 8.58. The van der Waals surface area contributed by atoms with Crippen molar-refractivity contribution in [3.05, 3.63) is 40.8 Å². The van der Waals surface area contributed by atoms with Gasteiger partial charge in [-0.1, -0.05) is 23.8 Å². The molecular formula is C10H8ClN5OS. The molecular weight excluding hydrogens is 274 g/mol. The molecule has 1 amide bonds. The van der Waals surface area contributed by atoms with Crippen molar-refractivity contribution in [2.45, 2.75) is 0 Å². The number of H-pyrrole nitrogens is 1. The SMILES string of the molecule is NC(=S)c1cn[nH]c1NC(=O)c1ccc(Cl)cn1. The average molecular weight is 282 g/mol. The largest absolute Gasteiger partial charge is 0.389 e. The van der Waals surface area contributed by atoms with Gasteiger partial charge in [0.1, 0.15) is 16.5 Å². The molecule has 0 aromatic carbocycles. The number of anilines is 1. The highest BCUT2D eigenvalue weighted by atomic mass is 35.5. The Balaban J connectivity index is 2.19. The first-order valence-electron chi connectivity index (χ1n) is 4.84. The number of nitrogens with one attached hydrogen (secondary N) is 2. The minimum Gasteiger partial charge on any atom is -0.389 e. The Labute approximate surface area is 113 Å². The van der Waals surface area contributed by atoms with Crippen LogP contribution in [0.1, 0.15) is 16.1 Å². The van der Waals surface area contributed by atoms with Crippen molar-refractivity contribution in [1.82, 2.24) is 15.2 Å². The molecule has 0 bridgehead atoms. The van der Waals surface area contributed by atoms with Gasteiger partial charge in [-0.15, -0.1) is 0 Å². The monoisotopic (exact) mass is 281 g/mol. The lowest BCUT2D eigenvalue weighted by Crippen LogP contribution is -2.17. The summed E-state index contributed by atoms with van der Waals surface area (Å²) >= 11 is 10.5. The van der Waals surface area contributed by atoms with E-state index in [-0.39, 0.29) is 10.7 Å². The van der Waals surface area contributed by atoms with E-state index in [1.807, 2.05) is 0 Å². The Hall–Kier alpha value is -1.99. The van der Waals surface area contributed by atoms with E-state index in [9.17, 15) is 4.79 Å². The molecule has 0 spiro atoms. The van der Waals surface area contributed by atoms with Gasteiger partial charge in [-0.3, -0.25) is 9.89 Å². The van der Waals surface area contributed by atoms with Gasteiger partial charge in [0, 0.05) is 6.20 Å². The zero-order valence-electron chi connectivity index (χ0n) is 8.98. The molecule has 2 aromatic heterocycles. The number of halogens is 1. The topological polar surface area (TPSA) is 96.7 Å². The third-order valence-electron chi connectivity index (χ3n) is 2.10. The second-order valence-electron chi connectivity index (χ2n) is 3.34. The van der Waals surface area contributed by atoms with Gasteiger partial charge in [0.25, 0.3) is 5.91 Å². The summed E-state index contributed by atoms with van der Waals surface area (Å²) in [5, 5.41) is 9.38. The number of carbonyl (C=O) groups excluding carboxylic acids is 1. The van der Waals surface area contributed by atoms with Crippen LogP contribution in [0.25, 0.3) is 0 Å². The zero-order chi connectivity index (χ0) is 13.1. The van der Waals surface area contributed by atoms with Crippen LogP contribution in [0.3, 0.4) is 0 Å². The Morgan fingerprint density at radius 2 is 2.22 bits per heavy atom. The summed E-state index contributed by atoms with van der Waals surface area (Å²) < 4.78 is 0. The summed E-state index contributed by atoms with van der Waals surface area (Å²) in [6.07, 6.45) is 2.82. The number of pyridine rings is 1. The Morgan fingerprint density at radius 3 is 2.83 bits per heavy atom. The maximum atomic E-state index is 11.8. The maximum absolute atomic E-state index is 11.8. The molecule has 2 heterocycles. The summed E-state index contributed by atoms with van der Waals surface area (Å²) in [5.74, 6) is -0.0716. The van der Waals surface area contributed by atoms with E-state index in [0.717, 1.165) is 0 Å². The molecule has 0 atom stereocenters. The predicted molar refractivity (Wildman–Crippen MR) is 71.7 cm³/mol. The minimum atomic E-state index is -0.409. The second-order valence-corrected chi connectivity index (χ2v) is 4.21. The third-order valence-corrected chi connectivity index (χ3v) is 2.55. The highest BCUT2D eigenvalue weighted by Gasteiger charge is 2.13. The number of aromatic nitrogens is 3. The highest BCUT2D eigenvalue weighted by molar-refractivity contribution is 7.80. The van der Waals surface area contributed by atoms with Crippen molar-refractivity contribution < 1.29 is 4.79 Å². The lowest BCUT2D eigenvalue weighted by Gasteiger charge is -2.04. The molecule has 0 fully saturated rings. The maximum Gasteiger partial charge on any atom is 0.275 e. The van der Waals surface area contributed by atoms with E-state index >= 15 is 0 Å². The number of rotatable bonds is 3. The molecule has 8 heteroatoms.